The highest BCUT2D eigenvalue weighted by Gasteiger charge is 2.52. The lowest BCUT2D eigenvalue weighted by Crippen LogP contribution is -2.53. The zero-order valence-corrected chi connectivity index (χ0v) is 12.8. The third-order valence-electron chi connectivity index (χ3n) is 2.97. The molecule has 1 aliphatic heterocycles. The van der Waals surface area contributed by atoms with Crippen LogP contribution in [-0.4, -0.2) is 35.3 Å². The van der Waals surface area contributed by atoms with Crippen molar-refractivity contribution in [3.63, 3.8) is 0 Å². The Morgan fingerprint density at radius 2 is 2.14 bits per heavy atom. The number of rotatable bonds is 3. The first-order valence-corrected chi connectivity index (χ1v) is 6.66. The van der Waals surface area contributed by atoms with Crippen molar-refractivity contribution in [3.8, 4) is 0 Å². The van der Waals surface area contributed by atoms with Crippen molar-refractivity contribution in [1.29, 1.82) is 0 Å². The Hall–Kier alpha value is -2.58. The minimum Gasteiger partial charge on any atom is -0.444 e. The first-order chi connectivity index (χ1) is 10.1. The van der Waals surface area contributed by atoms with E-state index in [4.69, 9.17) is 9.26 Å². The SMILES string of the molecule is Cc1cnoc1C1(CNC(=O)OC(C)(C)C)NC(=O)NC1=O. The molecule has 0 spiro atoms. The van der Waals surface area contributed by atoms with E-state index in [1.807, 2.05) is 0 Å². The Labute approximate surface area is 126 Å². The number of hydrogen-bond acceptors (Lipinski definition) is 6. The molecular weight excluding hydrogens is 292 g/mol. The monoisotopic (exact) mass is 310 g/mol. The lowest BCUT2D eigenvalue weighted by molar-refractivity contribution is -0.124. The van der Waals surface area contributed by atoms with E-state index >= 15 is 0 Å². The molecule has 22 heavy (non-hydrogen) atoms. The highest BCUT2D eigenvalue weighted by molar-refractivity contribution is 6.07. The molecule has 1 fully saturated rings. The van der Waals surface area contributed by atoms with Crippen LogP contribution in [-0.2, 0) is 15.1 Å². The number of nitrogens with one attached hydrogen (secondary N) is 3. The summed E-state index contributed by atoms with van der Waals surface area (Å²) in [6, 6.07) is -0.674. The van der Waals surface area contributed by atoms with Crippen molar-refractivity contribution in [1.82, 2.24) is 21.1 Å². The predicted molar refractivity (Wildman–Crippen MR) is 73.8 cm³/mol. The second kappa shape index (κ2) is 5.32. The quantitative estimate of drug-likeness (QED) is 0.700. The lowest BCUT2D eigenvalue weighted by atomic mass is 9.94. The molecule has 2 heterocycles. The van der Waals surface area contributed by atoms with Crippen LogP contribution in [0.2, 0.25) is 0 Å². The van der Waals surface area contributed by atoms with Crippen molar-refractivity contribution in [2.24, 2.45) is 0 Å². The van der Waals surface area contributed by atoms with Gasteiger partial charge in [0.1, 0.15) is 5.60 Å². The van der Waals surface area contributed by atoms with E-state index < -0.39 is 29.2 Å². The minimum atomic E-state index is -1.55. The van der Waals surface area contributed by atoms with Gasteiger partial charge in [-0.25, -0.2) is 9.59 Å². The van der Waals surface area contributed by atoms with Crippen LogP contribution in [0.4, 0.5) is 9.59 Å². The average molecular weight is 310 g/mol. The molecule has 1 atom stereocenters. The molecule has 1 saturated heterocycles. The standard InChI is InChI=1S/C13H18N4O5/c1-7-5-15-22-8(7)13(9(18)16-10(19)17-13)6-14-11(20)21-12(2,3)4/h5H,6H2,1-4H3,(H,14,20)(H2,16,17,18,19). The first-order valence-electron chi connectivity index (χ1n) is 6.66. The van der Waals surface area contributed by atoms with Gasteiger partial charge in [-0.2, -0.15) is 0 Å². The Morgan fingerprint density at radius 3 is 2.59 bits per heavy atom. The lowest BCUT2D eigenvalue weighted by Gasteiger charge is -2.25. The second-order valence-corrected chi connectivity index (χ2v) is 6.01. The van der Waals surface area contributed by atoms with Crippen LogP contribution < -0.4 is 16.0 Å². The van der Waals surface area contributed by atoms with Crippen molar-refractivity contribution >= 4 is 18.0 Å². The van der Waals surface area contributed by atoms with Crippen LogP contribution in [0.5, 0.6) is 0 Å². The van der Waals surface area contributed by atoms with Crippen molar-refractivity contribution in [2.75, 3.05) is 6.54 Å². The summed E-state index contributed by atoms with van der Waals surface area (Å²) in [5.74, 6) is -0.472. The topological polar surface area (TPSA) is 123 Å². The summed E-state index contributed by atoms with van der Waals surface area (Å²) < 4.78 is 10.2. The van der Waals surface area contributed by atoms with E-state index in [-0.39, 0.29) is 12.3 Å². The van der Waals surface area contributed by atoms with Crippen LogP contribution in [0.3, 0.4) is 0 Å². The number of aryl methyl sites for hydroxylation is 1. The summed E-state index contributed by atoms with van der Waals surface area (Å²) in [7, 11) is 0. The Kier molecular flexibility index (Phi) is 3.82. The fraction of sp³-hybridized carbons (Fsp3) is 0.538. The number of aromatic nitrogens is 1. The smallest absolute Gasteiger partial charge is 0.407 e. The third kappa shape index (κ3) is 3.02. The molecule has 0 saturated carbocycles. The number of ether oxygens (including phenoxy) is 1. The number of carbonyl (C=O) groups excluding carboxylic acids is 3. The van der Waals surface area contributed by atoms with Gasteiger partial charge in [-0.05, 0) is 27.7 Å². The normalized spacial score (nSPS) is 21.3. The average Bonchev–Trinajstić information content (AvgIpc) is 2.89. The van der Waals surface area contributed by atoms with Gasteiger partial charge in [-0.15, -0.1) is 0 Å². The van der Waals surface area contributed by atoms with E-state index in [9.17, 15) is 14.4 Å². The number of carbonyl (C=O) groups is 3. The number of amides is 4. The molecule has 1 aliphatic rings. The van der Waals surface area contributed by atoms with Gasteiger partial charge in [0.15, 0.2) is 11.3 Å². The Morgan fingerprint density at radius 1 is 1.45 bits per heavy atom. The summed E-state index contributed by atoms with van der Waals surface area (Å²) in [6.45, 7) is 6.60. The zero-order chi connectivity index (χ0) is 16.5. The number of urea groups is 1. The molecule has 0 radical (unpaired) electrons. The van der Waals surface area contributed by atoms with Crippen LogP contribution >= 0.6 is 0 Å². The van der Waals surface area contributed by atoms with Crippen molar-refractivity contribution < 1.29 is 23.6 Å². The molecule has 0 bridgehead atoms. The molecule has 1 aromatic rings. The molecule has 2 rings (SSSR count). The fourth-order valence-corrected chi connectivity index (χ4v) is 2.08. The molecule has 1 aromatic heterocycles. The van der Waals surface area contributed by atoms with Gasteiger partial charge in [-0.3, -0.25) is 10.1 Å². The van der Waals surface area contributed by atoms with Crippen LogP contribution in [0, 0.1) is 6.92 Å². The molecule has 9 heteroatoms. The largest absolute Gasteiger partial charge is 0.444 e. The number of nitrogens with zero attached hydrogens (tertiary/aromatic N) is 1. The third-order valence-corrected chi connectivity index (χ3v) is 2.97. The van der Waals surface area contributed by atoms with Gasteiger partial charge in [0.2, 0.25) is 0 Å². The fourth-order valence-electron chi connectivity index (χ4n) is 2.08. The molecule has 1 unspecified atom stereocenters. The number of hydrogen-bond donors (Lipinski definition) is 3. The summed E-state index contributed by atoms with van der Waals surface area (Å²) in [5, 5.41) is 10.7. The maximum Gasteiger partial charge on any atom is 0.407 e. The van der Waals surface area contributed by atoms with E-state index in [2.05, 4.69) is 21.1 Å². The van der Waals surface area contributed by atoms with Crippen molar-refractivity contribution in [2.45, 2.75) is 38.8 Å². The molecule has 120 valence electrons. The maximum absolute atomic E-state index is 12.2. The van der Waals surface area contributed by atoms with E-state index in [0.29, 0.717) is 5.56 Å². The summed E-state index contributed by atoms with van der Waals surface area (Å²) >= 11 is 0. The molecular formula is C13H18N4O5. The molecule has 0 aliphatic carbocycles. The molecule has 0 aromatic carbocycles. The van der Waals surface area contributed by atoms with E-state index in [0.717, 1.165) is 0 Å². The van der Waals surface area contributed by atoms with Gasteiger partial charge >= 0.3 is 12.1 Å². The van der Waals surface area contributed by atoms with Gasteiger partial charge in [0, 0.05) is 5.56 Å². The van der Waals surface area contributed by atoms with E-state index in [1.165, 1.54) is 6.20 Å². The van der Waals surface area contributed by atoms with Crippen LogP contribution in [0.15, 0.2) is 10.7 Å². The molecule has 9 nitrogen and oxygen atoms in total. The molecule has 4 amide bonds. The zero-order valence-electron chi connectivity index (χ0n) is 12.8. The number of alkyl carbamates (subject to hydrolysis) is 1. The second-order valence-electron chi connectivity index (χ2n) is 6.01. The van der Waals surface area contributed by atoms with Crippen LogP contribution in [0.25, 0.3) is 0 Å². The van der Waals surface area contributed by atoms with E-state index in [1.54, 1.807) is 27.7 Å². The summed E-state index contributed by atoms with van der Waals surface area (Å²) in [6.07, 6.45) is 0.709. The van der Waals surface area contributed by atoms with Crippen molar-refractivity contribution in [3.05, 3.63) is 17.5 Å². The van der Waals surface area contributed by atoms with Gasteiger partial charge in [0.25, 0.3) is 5.91 Å². The molecule has 3 N–H and O–H groups in total. The van der Waals surface area contributed by atoms with Crippen LogP contribution in [0.1, 0.15) is 32.1 Å². The minimum absolute atomic E-state index is 0.159. The predicted octanol–water partition coefficient (Wildman–Crippen LogP) is 0.542. The maximum atomic E-state index is 12.2. The summed E-state index contributed by atoms with van der Waals surface area (Å²) in [5.41, 5.74) is -1.65. The Bertz CT molecular complexity index is 618. The van der Waals surface area contributed by atoms with Gasteiger partial charge in [0.05, 0.1) is 12.7 Å². The highest BCUT2D eigenvalue weighted by Crippen LogP contribution is 2.27. The van der Waals surface area contributed by atoms with Gasteiger partial charge < -0.3 is 19.9 Å². The highest BCUT2D eigenvalue weighted by atomic mass is 16.6. The number of imide groups is 1. The first kappa shape index (κ1) is 15.8. The Balaban J connectivity index is 2.21. The van der Waals surface area contributed by atoms with Gasteiger partial charge in [-0.1, -0.05) is 5.16 Å². The summed E-state index contributed by atoms with van der Waals surface area (Å²) in [4.78, 5) is 35.5.